The van der Waals surface area contributed by atoms with Gasteiger partial charge in [0.2, 0.25) is 0 Å². The fourth-order valence-corrected chi connectivity index (χ4v) is 1.33. The Morgan fingerprint density at radius 3 is 3.15 bits per heavy atom. The van der Waals surface area contributed by atoms with Crippen LogP contribution in [0.3, 0.4) is 0 Å². The van der Waals surface area contributed by atoms with Crippen LogP contribution in [0.25, 0.3) is 0 Å². The molecule has 0 saturated carbocycles. The fraction of sp³-hybridized carbons (Fsp3) is 0.625. The SMILES string of the molecule is NCc1ncoc1C1COCCO1. The molecule has 72 valence electrons. The molecule has 1 aromatic rings. The van der Waals surface area contributed by atoms with Gasteiger partial charge in [-0.05, 0) is 0 Å². The molecule has 0 spiro atoms. The Balaban J connectivity index is 2.13. The second-order valence-electron chi connectivity index (χ2n) is 2.80. The van der Waals surface area contributed by atoms with Gasteiger partial charge >= 0.3 is 0 Å². The smallest absolute Gasteiger partial charge is 0.181 e. The van der Waals surface area contributed by atoms with Gasteiger partial charge < -0.3 is 19.6 Å². The molecule has 1 atom stereocenters. The topological polar surface area (TPSA) is 70.5 Å². The lowest BCUT2D eigenvalue weighted by Gasteiger charge is -2.21. The van der Waals surface area contributed by atoms with E-state index in [0.717, 1.165) is 5.69 Å². The summed E-state index contributed by atoms with van der Waals surface area (Å²) in [6.45, 7) is 2.12. The van der Waals surface area contributed by atoms with Crippen molar-refractivity contribution in [2.24, 2.45) is 5.73 Å². The fourth-order valence-electron chi connectivity index (χ4n) is 1.33. The molecule has 1 aliphatic rings. The zero-order valence-corrected chi connectivity index (χ0v) is 7.23. The lowest BCUT2D eigenvalue weighted by Crippen LogP contribution is -2.22. The first-order chi connectivity index (χ1) is 6.42. The van der Waals surface area contributed by atoms with Crippen molar-refractivity contribution in [2.75, 3.05) is 19.8 Å². The van der Waals surface area contributed by atoms with E-state index >= 15 is 0 Å². The third kappa shape index (κ3) is 1.72. The minimum Gasteiger partial charge on any atom is -0.445 e. The van der Waals surface area contributed by atoms with Gasteiger partial charge in [-0.1, -0.05) is 0 Å². The van der Waals surface area contributed by atoms with Crippen molar-refractivity contribution in [2.45, 2.75) is 12.6 Å². The molecule has 0 amide bonds. The number of hydrogen-bond acceptors (Lipinski definition) is 5. The van der Waals surface area contributed by atoms with Gasteiger partial charge in [-0.3, -0.25) is 0 Å². The van der Waals surface area contributed by atoms with Gasteiger partial charge in [0.25, 0.3) is 0 Å². The third-order valence-corrected chi connectivity index (χ3v) is 1.97. The van der Waals surface area contributed by atoms with Crippen molar-refractivity contribution >= 4 is 0 Å². The molecule has 13 heavy (non-hydrogen) atoms. The van der Waals surface area contributed by atoms with E-state index in [2.05, 4.69) is 4.98 Å². The van der Waals surface area contributed by atoms with Crippen LogP contribution >= 0.6 is 0 Å². The number of hydrogen-bond donors (Lipinski definition) is 1. The minimum absolute atomic E-state index is 0.144. The Morgan fingerprint density at radius 1 is 1.54 bits per heavy atom. The van der Waals surface area contributed by atoms with Crippen molar-refractivity contribution in [3.05, 3.63) is 17.8 Å². The van der Waals surface area contributed by atoms with Gasteiger partial charge in [0.15, 0.2) is 12.2 Å². The summed E-state index contributed by atoms with van der Waals surface area (Å²) in [5.41, 5.74) is 6.23. The largest absolute Gasteiger partial charge is 0.445 e. The van der Waals surface area contributed by atoms with Gasteiger partial charge in [-0.15, -0.1) is 0 Å². The third-order valence-electron chi connectivity index (χ3n) is 1.97. The van der Waals surface area contributed by atoms with Crippen molar-refractivity contribution in [3.8, 4) is 0 Å². The Hall–Kier alpha value is -0.910. The van der Waals surface area contributed by atoms with Crippen LogP contribution in [0.4, 0.5) is 0 Å². The van der Waals surface area contributed by atoms with Crippen LogP contribution in [0.15, 0.2) is 10.8 Å². The highest BCUT2D eigenvalue weighted by Gasteiger charge is 2.22. The van der Waals surface area contributed by atoms with Gasteiger partial charge in [0, 0.05) is 6.54 Å². The van der Waals surface area contributed by atoms with E-state index in [1.807, 2.05) is 0 Å². The molecule has 2 rings (SSSR count). The highest BCUT2D eigenvalue weighted by Crippen LogP contribution is 2.23. The van der Waals surface area contributed by atoms with E-state index in [9.17, 15) is 0 Å². The van der Waals surface area contributed by atoms with E-state index in [0.29, 0.717) is 32.1 Å². The minimum atomic E-state index is -0.144. The molecule has 5 heteroatoms. The van der Waals surface area contributed by atoms with Crippen LogP contribution < -0.4 is 5.73 Å². The molecule has 2 heterocycles. The lowest BCUT2D eigenvalue weighted by molar-refractivity contribution is -0.0979. The first-order valence-electron chi connectivity index (χ1n) is 4.23. The Labute approximate surface area is 75.8 Å². The molecule has 0 aliphatic carbocycles. The monoisotopic (exact) mass is 184 g/mol. The number of aromatic nitrogens is 1. The Kier molecular flexibility index (Phi) is 2.58. The number of nitrogens with zero attached hydrogens (tertiary/aromatic N) is 1. The first-order valence-corrected chi connectivity index (χ1v) is 4.23. The maximum atomic E-state index is 5.48. The van der Waals surface area contributed by atoms with Gasteiger partial charge in [-0.25, -0.2) is 4.98 Å². The quantitative estimate of drug-likeness (QED) is 0.712. The predicted octanol–water partition coefficient (Wildman–Crippen LogP) is 0.221. The molecule has 0 aromatic carbocycles. The number of oxazole rings is 1. The summed E-state index contributed by atoms with van der Waals surface area (Å²) >= 11 is 0. The summed E-state index contributed by atoms with van der Waals surface area (Å²) < 4.78 is 15.9. The van der Waals surface area contributed by atoms with E-state index in [1.54, 1.807) is 0 Å². The number of ether oxygens (including phenoxy) is 2. The lowest BCUT2D eigenvalue weighted by atomic mass is 10.2. The highest BCUT2D eigenvalue weighted by atomic mass is 16.6. The second-order valence-corrected chi connectivity index (χ2v) is 2.80. The van der Waals surface area contributed by atoms with Crippen LogP contribution in [0.1, 0.15) is 17.6 Å². The van der Waals surface area contributed by atoms with Gasteiger partial charge in [0.05, 0.1) is 25.5 Å². The summed E-state index contributed by atoms with van der Waals surface area (Å²) in [5.74, 6) is 0.696. The molecule has 1 aliphatic heterocycles. The molecule has 0 radical (unpaired) electrons. The maximum absolute atomic E-state index is 5.48. The van der Waals surface area contributed by atoms with Crippen molar-refractivity contribution < 1.29 is 13.9 Å². The average molecular weight is 184 g/mol. The van der Waals surface area contributed by atoms with Gasteiger partial charge in [0.1, 0.15) is 6.10 Å². The van der Waals surface area contributed by atoms with Crippen molar-refractivity contribution in [1.82, 2.24) is 4.98 Å². The summed E-state index contributed by atoms with van der Waals surface area (Å²) in [4.78, 5) is 3.98. The molecule has 1 aromatic heterocycles. The van der Waals surface area contributed by atoms with Crippen LogP contribution in [-0.4, -0.2) is 24.8 Å². The number of nitrogens with two attached hydrogens (primary N) is 1. The number of rotatable bonds is 2. The molecule has 1 saturated heterocycles. The summed E-state index contributed by atoms with van der Waals surface area (Å²) in [7, 11) is 0. The first kappa shape index (κ1) is 8.68. The van der Waals surface area contributed by atoms with E-state index in [1.165, 1.54) is 6.39 Å². The zero-order chi connectivity index (χ0) is 9.10. The molecular weight excluding hydrogens is 172 g/mol. The van der Waals surface area contributed by atoms with Crippen LogP contribution in [0.5, 0.6) is 0 Å². The van der Waals surface area contributed by atoms with E-state index in [-0.39, 0.29) is 6.10 Å². The molecular formula is C8H12N2O3. The van der Waals surface area contributed by atoms with E-state index < -0.39 is 0 Å². The Bertz CT molecular complexity index is 268. The van der Waals surface area contributed by atoms with Crippen molar-refractivity contribution in [1.29, 1.82) is 0 Å². The van der Waals surface area contributed by atoms with E-state index in [4.69, 9.17) is 19.6 Å². The average Bonchev–Trinajstić information content (AvgIpc) is 2.67. The molecule has 0 bridgehead atoms. The maximum Gasteiger partial charge on any atom is 0.181 e. The van der Waals surface area contributed by atoms with Crippen LogP contribution in [-0.2, 0) is 16.0 Å². The van der Waals surface area contributed by atoms with Crippen LogP contribution in [0, 0.1) is 0 Å². The zero-order valence-electron chi connectivity index (χ0n) is 7.23. The van der Waals surface area contributed by atoms with Crippen molar-refractivity contribution in [3.63, 3.8) is 0 Å². The second kappa shape index (κ2) is 3.87. The Morgan fingerprint density at radius 2 is 2.46 bits per heavy atom. The standard InChI is InChI=1S/C8H12N2O3/c9-3-6-8(13-5-10-6)7-4-11-1-2-12-7/h5,7H,1-4,9H2. The summed E-state index contributed by atoms with van der Waals surface area (Å²) in [6, 6.07) is 0. The van der Waals surface area contributed by atoms with Gasteiger partial charge in [-0.2, -0.15) is 0 Å². The molecule has 2 N–H and O–H groups in total. The normalized spacial score (nSPS) is 23.3. The molecule has 1 fully saturated rings. The predicted molar refractivity (Wildman–Crippen MR) is 43.9 cm³/mol. The molecule has 5 nitrogen and oxygen atoms in total. The summed E-state index contributed by atoms with van der Waals surface area (Å²) in [5, 5.41) is 0. The summed E-state index contributed by atoms with van der Waals surface area (Å²) in [6.07, 6.45) is 1.24. The molecule has 1 unspecified atom stereocenters. The van der Waals surface area contributed by atoms with Crippen LogP contribution in [0.2, 0.25) is 0 Å². The highest BCUT2D eigenvalue weighted by molar-refractivity contribution is 5.10.